The average Bonchev–Trinajstić information content (AvgIpc) is 3.35. The smallest absolute Gasteiger partial charge is 0.410 e. The number of guanidine groups is 2. The Kier molecular flexibility index (Phi) is 30.8. The van der Waals surface area contributed by atoms with Gasteiger partial charge in [-0.15, -0.1) is 6.42 Å². The van der Waals surface area contributed by atoms with Gasteiger partial charge in [0.2, 0.25) is 11.5 Å². The summed E-state index contributed by atoms with van der Waals surface area (Å²) in [5.74, 6) is -3.91. The average molecular weight is 1060 g/mol. The van der Waals surface area contributed by atoms with Gasteiger partial charge in [0, 0.05) is 58.7 Å². The lowest BCUT2D eigenvalue weighted by Crippen LogP contribution is -2.56. The Hall–Kier alpha value is -5.78. The van der Waals surface area contributed by atoms with Gasteiger partial charge in [0.1, 0.15) is 31.0 Å². The van der Waals surface area contributed by atoms with E-state index in [9.17, 15) is 49.8 Å². The number of amides is 2. The van der Waals surface area contributed by atoms with E-state index in [1.807, 2.05) is 4.90 Å². The molecule has 29 nitrogen and oxygen atoms in total. The fourth-order valence-electron chi connectivity index (χ4n) is 7.15. The SMILES string of the molecule is C#CCOCCOCCOCCOCCN(CCOCCN(C)C(=O)OC([C@H](O)CO)[C@@H]1OC(C(=O)O)=C[C@H](NC(=N)N)[C@H]1C)CCOCCN(C)C(=O)O[C@@H]([C@@H]1OC(C(=O)O)=C[C@H](NC(=N)N)[C@H]1C)[C@H](O)CO. The maximum absolute atomic E-state index is 13.2. The molecule has 0 aromatic heterocycles. The van der Waals surface area contributed by atoms with Crippen LogP contribution in [-0.2, 0) is 57.0 Å². The molecule has 0 bridgehead atoms. The summed E-state index contributed by atoms with van der Waals surface area (Å²) in [5, 5.41) is 80.6. The number of nitrogens with two attached hydrogens (primary N) is 2. The summed E-state index contributed by atoms with van der Waals surface area (Å²) in [6, 6.07) is -1.70. The van der Waals surface area contributed by atoms with Crippen LogP contribution < -0.4 is 22.1 Å². The number of likely N-dealkylation sites (N-methyl/N-ethyl adjacent to an activating group) is 2. The molecule has 2 rings (SSSR count). The van der Waals surface area contributed by atoms with E-state index in [1.54, 1.807) is 13.8 Å². The Morgan fingerprint density at radius 2 is 0.959 bits per heavy atom. The Morgan fingerprint density at radius 3 is 1.28 bits per heavy atom. The van der Waals surface area contributed by atoms with Crippen LogP contribution >= 0.6 is 0 Å². The van der Waals surface area contributed by atoms with Crippen molar-refractivity contribution in [3.8, 4) is 12.3 Å². The van der Waals surface area contributed by atoms with Gasteiger partial charge >= 0.3 is 24.1 Å². The second-order valence-electron chi connectivity index (χ2n) is 16.9. The van der Waals surface area contributed by atoms with Crippen molar-refractivity contribution in [1.29, 1.82) is 10.8 Å². The Bertz CT molecular complexity index is 1740. The molecule has 0 saturated heterocycles. The molecular weight excluding hydrogens is 987 g/mol. The van der Waals surface area contributed by atoms with E-state index < -0.39 is 121 Å². The molecule has 0 aliphatic carbocycles. The highest BCUT2D eigenvalue weighted by molar-refractivity contribution is 5.85. The number of carbonyl (C=O) groups excluding carboxylic acids is 2. The molecule has 74 heavy (non-hydrogen) atoms. The van der Waals surface area contributed by atoms with Crippen molar-refractivity contribution in [3.05, 3.63) is 23.7 Å². The highest BCUT2D eigenvalue weighted by atomic mass is 16.6. The van der Waals surface area contributed by atoms with E-state index in [-0.39, 0.29) is 46.1 Å². The lowest BCUT2D eigenvalue weighted by atomic mass is 9.87. The molecule has 0 radical (unpaired) electrons. The molecule has 0 fully saturated rings. The number of nitrogens with zero attached hydrogens (tertiary/aromatic N) is 3. The summed E-state index contributed by atoms with van der Waals surface area (Å²) in [7, 11) is 2.83. The maximum atomic E-state index is 13.2. The van der Waals surface area contributed by atoms with E-state index in [2.05, 4.69) is 16.6 Å². The summed E-state index contributed by atoms with van der Waals surface area (Å²) in [6.07, 6.45) is -3.25. The fraction of sp³-hybridized carbons (Fsp3) is 0.733. The van der Waals surface area contributed by atoms with Gasteiger partial charge in [-0.1, -0.05) is 19.8 Å². The van der Waals surface area contributed by atoms with Crippen molar-refractivity contribution >= 4 is 36.0 Å². The molecule has 1 unspecified atom stereocenters. The van der Waals surface area contributed by atoms with Gasteiger partial charge < -0.3 is 110 Å². The van der Waals surface area contributed by atoms with E-state index >= 15 is 0 Å². The van der Waals surface area contributed by atoms with Gasteiger partial charge in [-0.3, -0.25) is 15.7 Å². The number of rotatable bonds is 37. The first-order chi connectivity index (χ1) is 35.2. The molecule has 2 heterocycles. The third-order valence-electron chi connectivity index (χ3n) is 11.4. The molecular formula is C45H77N9O20. The summed E-state index contributed by atoms with van der Waals surface area (Å²) in [4.78, 5) is 54.4. The highest BCUT2D eigenvalue weighted by Crippen LogP contribution is 2.31. The molecule has 422 valence electrons. The largest absolute Gasteiger partial charge is 0.479 e. The molecule has 0 spiro atoms. The van der Waals surface area contributed by atoms with Crippen LogP contribution in [0.5, 0.6) is 0 Å². The number of ether oxygens (including phenoxy) is 10. The lowest BCUT2D eigenvalue weighted by Gasteiger charge is -2.40. The number of aliphatic hydroxyl groups is 4. The first kappa shape index (κ1) is 64.3. The second-order valence-corrected chi connectivity index (χ2v) is 16.9. The number of aliphatic carboxylic acids is 2. The minimum absolute atomic E-state index is 0.0217. The number of carboxylic acids is 2. The van der Waals surface area contributed by atoms with Gasteiger partial charge in [0.15, 0.2) is 24.1 Å². The standard InChI is InChI=1S/C45H77N9O20/c1-6-12-65-18-20-69-22-23-70-21-19-68-17-11-54(9-15-66-13-7-52(4)44(63)73-38(32(57)26-55)36-28(2)30(50-42(46)47)24-34(71-36)40(59)60)10-16-67-14-8-53(5)45(64)74-39(33(58)27-56)37-29(3)31(51-43(48)49)25-35(72-37)41(61)62/h1,24-25,28-33,36-39,55-58H,7-23,26-27H2,2-5H3,(H,59,60)(H,61,62)(H4,46,47,50)(H4,48,49,51)/t28-,29-,30+,31+,32-,33-,36-,37-,38-,39?/m1/s1. The van der Waals surface area contributed by atoms with Crippen LogP contribution in [0.4, 0.5) is 9.59 Å². The molecule has 2 aliphatic heterocycles. The summed E-state index contributed by atoms with van der Waals surface area (Å²) in [5.41, 5.74) is 11.0. The highest BCUT2D eigenvalue weighted by Gasteiger charge is 2.45. The van der Waals surface area contributed by atoms with Crippen molar-refractivity contribution < 1.29 is 97.2 Å². The number of hydrogen-bond donors (Lipinski definition) is 12. The molecule has 0 saturated carbocycles. The number of aliphatic hydroxyl groups excluding tert-OH is 4. The lowest BCUT2D eigenvalue weighted by molar-refractivity contribution is -0.148. The number of carbonyl (C=O) groups is 4. The Morgan fingerprint density at radius 1 is 0.635 bits per heavy atom. The predicted molar refractivity (Wildman–Crippen MR) is 259 cm³/mol. The first-order valence-electron chi connectivity index (χ1n) is 23.7. The first-order valence-corrected chi connectivity index (χ1v) is 23.7. The number of hydrogen-bond acceptors (Lipinski definition) is 21. The van der Waals surface area contributed by atoms with Crippen molar-refractivity contribution in [2.75, 3.05) is 139 Å². The van der Waals surface area contributed by atoms with Crippen molar-refractivity contribution in [3.63, 3.8) is 0 Å². The molecule has 2 aliphatic rings. The zero-order valence-electron chi connectivity index (χ0n) is 42.3. The Labute approximate surface area is 429 Å². The normalized spacial score (nSPS) is 21.0. The third kappa shape index (κ3) is 23.6. The molecule has 29 heteroatoms. The van der Waals surface area contributed by atoms with Crippen LogP contribution in [0.2, 0.25) is 0 Å². The van der Waals surface area contributed by atoms with Crippen molar-refractivity contribution in [2.24, 2.45) is 23.3 Å². The number of terminal acetylenes is 1. The van der Waals surface area contributed by atoms with Crippen LogP contribution in [0.1, 0.15) is 13.8 Å². The topological polar surface area (TPSA) is 415 Å². The van der Waals surface area contributed by atoms with Gasteiger partial charge in [0.25, 0.3) is 0 Å². The minimum atomic E-state index is -1.67. The Balaban J connectivity index is 1.96. The van der Waals surface area contributed by atoms with E-state index in [0.717, 1.165) is 9.80 Å². The van der Waals surface area contributed by atoms with Crippen molar-refractivity contribution in [2.45, 2.75) is 62.6 Å². The van der Waals surface area contributed by atoms with Crippen molar-refractivity contribution in [1.82, 2.24) is 25.3 Å². The summed E-state index contributed by atoms with van der Waals surface area (Å²) >= 11 is 0. The zero-order valence-corrected chi connectivity index (χ0v) is 42.3. The third-order valence-corrected chi connectivity index (χ3v) is 11.4. The maximum Gasteiger partial charge on any atom is 0.410 e. The van der Waals surface area contributed by atoms with E-state index in [0.29, 0.717) is 65.9 Å². The van der Waals surface area contributed by atoms with Crippen LogP contribution in [-0.4, -0.2) is 269 Å². The van der Waals surface area contributed by atoms with E-state index in [1.165, 1.54) is 26.2 Å². The minimum Gasteiger partial charge on any atom is -0.479 e. The summed E-state index contributed by atoms with van der Waals surface area (Å²) < 4.78 is 55.8. The van der Waals surface area contributed by atoms with E-state index in [4.69, 9.17) is 76.1 Å². The monoisotopic (exact) mass is 1060 g/mol. The fourth-order valence-corrected chi connectivity index (χ4v) is 7.15. The molecule has 14 N–H and O–H groups in total. The zero-order chi connectivity index (χ0) is 55.2. The number of carboxylic acid groups (broad SMARTS) is 2. The molecule has 0 aromatic carbocycles. The van der Waals surface area contributed by atoms with Crippen LogP contribution in [0.15, 0.2) is 23.7 Å². The van der Waals surface area contributed by atoms with Crippen LogP contribution in [0.3, 0.4) is 0 Å². The molecule has 2 amide bonds. The summed E-state index contributed by atoms with van der Waals surface area (Å²) in [6.45, 7) is 5.90. The van der Waals surface area contributed by atoms with Gasteiger partial charge in [-0.05, 0) is 12.2 Å². The predicted octanol–water partition coefficient (Wildman–Crippen LogP) is -3.69. The molecule has 10 atom stereocenters. The van der Waals surface area contributed by atoms with Crippen LogP contribution in [0, 0.1) is 35.0 Å². The van der Waals surface area contributed by atoms with Gasteiger partial charge in [-0.2, -0.15) is 0 Å². The van der Waals surface area contributed by atoms with Crippen LogP contribution in [0.25, 0.3) is 0 Å². The number of nitrogens with one attached hydrogen (secondary N) is 4. The second kappa shape index (κ2) is 35.4. The van der Waals surface area contributed by atoms with Gasteiger partial charge in [-0.25, -0.2) is 19.2 Å². The quantitative estimate of drug-likeness (QED) is 0.0123. The molecule has 0 aromatic rings. The van der Waals surface area contributed by atoms with Gasteiger partial charge in [0.05, 0.1) is 98.0 Å².